The van der Waals surface area contributed by atoms with Gasteiger partial charge in [0.05, 0.1) is 17.6 Å². The van der Waals surface area contributed by atoms with Crippen molar-refractivity contribution in [2.45, 2.75) is 13.8 Å². The van der Waals surface area contributed by atoms with Crippen LogP contribution in [0.15, 0.2) is 18.5 Å². The average Bonchev–Trinajstić information content (AvgIpc) is 2.51. The second-order valence-corrected chi connectivity index (χ2v) is 3.42. The van der Waals surface area contributed by atoms with Crippen molar-refractivity contribution >= 4 is 0 Å². The lowest BCUT2D eigenvalue weighted by Gasteiger charge is -2.00. The third-order valence-corrected chi connectivity index (χ3v) is 2.08. The van der Waals surface area contributed by atoms with Crippen molar-refractivity contribution < 1.29 is 0 Å². The molecule has 0 saturated carbocycles. The summed E-state index contributed by atoms with van der Waals surface area (Å²) in [6, 6.07) is 2.02. The molecule has 0 bridgehead atoms. The van der Waals surface area contributed by atoms with Gasteiger partial charge in [-0.15, -0.1) is 5.10 Å². The molecule has 0 fully saturated rings. The van der Waals surface area contributed by atoms with E-state index in [2.05, 4.69) is 15.3 Å². The summed E-state index contributed by atoms with van der Waals surface area (Å²) in [5, 5.41) is 12.3. The Morgan fingerprint density at radius 1 is 1.21 bits per heavy atom. The molecule has 2 aromatic rings. The summed E-state index contributed by atoms with van der Waals surface area (Å²) in [6.45, 7) is 3.97. The number of hydrogen-bond donors (Lipinski definition) is 0. The van der Waals surface area contributed by atoms with E-state index in [1.54, 1.807) is 10.9 Å². The van der Waals surface area contributed by atoms with Gasteiger partial charge in [-0.25, -0.2) is 0 Å². The summed E-state index contributed by atoms with van der Waals surface area (Å²) in [5.74, 6) is 0. The molecule has 2 rings (SSSR count). The van der Waals surface area contributed by atoms with Crippen molar-refractivity contribution in [3.8, 4) is 11.3 Å². The predicted molar refractivity (Wildman–Crippen MR) is 53.7 cm³/mol. The first-order chi connectivity index (χ1) is 6.66. The van der Waals surface area contributed by atoms with Crippen LogP contribution in [0.1, 0.15) is 11.3 Å². The lowest BCUT2D eigenvalue weighted by molar-refractivity contribution is 0.768. The first kappa shape index (κ1) is 8.87. The van der Waals surface area contributed by atoms with E-state index in [0.717, 1.165) is 22.5 Å². The summed E-state index contributed by atoms with van der Waals surface area (Å²) in [7, 11) is 1.89. The summed E-state index contributed by atoms with van der Waals surface area (Å²) in [6.07, 6.45) is 3.73. The van der Waals surface area contributed by atoms with Crippen molar-refractivity contribution in [3.05, 3.63) is 29.7 Å². The fourth-order valence-corrected chi connectivity index (χ4v) is 1.45. The van der Waals surface area contributed by atoms with Gasteiger partial charge in [0.2, 0.25) is 0 Å². The van der Waals surface area contributed by atoms with Crippen LogP contribution in [0.2, 0.25) is 0 Å². The van der Waals surface area contributed by atoms with Crippen LogP contribution in [0.5, 0.6) is 0 Å². The molecular weight excluding hydrogens is 176 g/mol. The van der Waals surface area contributed by atoms with E-state index < -0.39 is 0 Å². The molecule has 0 spiro atoms. The lowest BCUT2D eigenvalue weighted by Crippen LogP contribution is -1.93. The molecule has 0 radical (unpaired) electrons. The number of hydrogen-bond acceptors (Lipinski definition) is 3. The van der Waals surface area contributed by atoms with Gasteiger partial charge in [-0.2, -0.15) is 10.2 Å². The molecule has 2 heterocycles. The van der Waals surface area contributed by atoms with Crippen molar-refractivity contribution in [2.75, 3.05) is 0 Å². The summed E-state index contributed by atoms with van der Waals surface area (Å²) < 4.78 is 1.76. The van der Waals surface area contributed by atoms with Crippen LogP contribution in [-0.4, -0.2) is 20.0 Å². The molecule has 72 valence electrons. The maximum Gasteiger partial charge on any atom is 0.0990 e. The van der Waals surface area contributed by atoms with Crippen LogP contribution >= 0.6 is 0 Å². The zero-order valence-electron chi connectivity index (χ0n) is 8.52. The zero-order valence-corrected chi connectivity index (χ0v) is 8.52. The SMILES string of the molecule is Cc1cc(C)c(-c2cnn(C)c2)nn1. The van der Waals surface area contributed by atoms with Gasteiger partial charge < -0.3 is 0 Å². The number of nitrogens with zero attached hydrogens (tertiary/aromatic N) is 4. The molecule has 4 nitrogen and oxygen atoms in total. The topological polar surface area (TPSA) is 43.6 Å². The van der Waals surface area contributed by atoms with Crippen LogP contribution in [0.3, 0.4) is 0 Å². The lowest BCUT2D eigenvalue weighted by atomic mass is 10.1. The highest BCUT2D eigenvalue weighted by atomic mass is 15.2. The van der Waals surface area contributed by atoms with Gasteiger partial charge in [0.15, 0.2) is 0 Å². The van der Waals surface area contributed by atoms with Crippen molar-refractivity contribution in [1.29, 1.82) is 0 Å². The Hall–Kier alpha value is -1.71. The van der Waals surface area contributed by atoms with Crippen molar-refractivity contribution in [2.24, 2.45) is 7.05 Å². The minimum Gasteiger partial charge on any atom is -0.275 e. The highest BCUT2D eigenvalue weighted by Gasteiger charge is 2.06. The van der Waals surface area contributed by atoms with Crippen molar-refractivity contribution in [1.82, 2.24) is 20.0 Å². The highest BCUT2D eigenvalue weighted by molar-refractivity contribution is 5.60. The Labute approximate surface area is 82.6 Å². The van der Waals surface area contributed by atoms with Gasteiger partial charge >= 0.3 is 0 Å². The standard InChI is InChI=1S/C10H12N4/c1-7-4-8(2)12-13-10(7)9-5-11-14(3)6-9/h4-6H,1-3H3. The number of rotatable bonds is 1. The zero-order chi connectivity index (χ0) is 10.1. The first-order valence-corrected chi connectivity index (χ1v) is 4.47. The van der Waals surface area contributed by atoms with Gasteiger partial charge in [-0.1, -0.05) is 0 Å². The Balaban J connectivity index is 2.52. The smallest absolute Gasteiger partial charge is 0.0990 e. The molecule has 0 aliphatic carbocycles. The number of aryl methyl sites for hydroxylation is 3. The molecule has 2 aromatic heterocycles. The van der Waals surface area contributed by atoms with Crippen molar-refractivity contribution in [3.63, 3.8) is 0 Å². The van der Waals surface area contributed by atoms with Crippen LogP contribution in [-0.2, 0) is 7.05 Å². The van der Waals surface area contributed by atoms with E-state index in [0.29, 0.717) is 0 Å². The van der Waals surface area contributed by atoms with E-state index in [1.807, 2.05) is 33.2 Å². The molecular formula is C10H12N4. The minimum atomic E-state index is 0.906. The minimum absolute atomic E-state index is 0.906. The largest absolute Gasteiger partial charge is 0.275 e. The molecule has 0 amide bonds. The van der Waals surface area contributed by atoms with E-state index in [4.69, 9.17) is 0 Å². The maximum absolute atomic E-state index is 4.16. The summed E-state index contributed by atoms with van der Waals surface area (Å²) in [4.78, 5) is 0. The van der Waals surface area contributed by atoms with Gasteiger partial charge in [0.25, 0.3) is 0 Å². The Kier molecular flexibility index (Phi) is 2.04. The van der Waals surface area contributed by atoms with Gasteiger partial charge in [0.1, 0.15) is 0 Å². The van der Waals surface area contributed by atoms with E-state index in [1.165, 1.54) is 0 Å². The average molecular weight is 188 g/mol. The monoisotopic (exact) mass is 188 g/mol. The molecule has 0 unspecified atom stereocenters. The van der Waals surface area contributed by atoms with Crippen LogP contribution < -0.4 is 0 Å². The van der Waals surface area contributed by atoms with E-state index in [-0.39, 0.29) is 0 Å². The fraction of sp³-hybridized carbons (Fsp3) is 0.300. The van der Waals surface area contributed by atoms with Crippen LogP contribution in [0, 0.1) is 13.8 Å². The molecule has 0 N–H and O–H groups in total. The molecule has 0 aromatic carbocycles. The van der Waals surface area contributed by atoms with Gasteiger partial charge in [-0.3, -0.25) is 4.68 Å². The second-order valence-electron chi connectivity index (χ2n) is 3.42. The number of aromatic nitrogens is 4. The highest BCUT2D eigenvalue weighted by Crippen LogP contribution is 2.19. The third kappa shape index (κ3) is 1.51. The van der Waals surface area contributed by atoms with Crippen LogP contribution in [0.4, 0.5) is 0 Å². The Morgan fingerprint density at radius 2 is 2.00 bits per heavy atom. The van der Waals surface area contributed by atoms with Gasteiger partial charge in [0, 0.05) is 18.8 Å². The molecule has 4 heteroatoms. The normalized spacial score (nSPS) is 10.5. The predicted octanol–water partition coefficient (Wildman–Crippen LogP) is 1.49. The molecule has 0 atom stereocenters. The van der Waals surface area contributed by atoms with Crippen LogP contribution in [0.25, 0.3) is 11.3 Å². The third-order valence-electron chi connectivity index (χ3n) is 2.08. The quantitative estimate of drug-likeness (QED) is 0.681. The van der Waals surface area contributed by atoms with E-state index in [9.17, 15) is 0 Å². The summed E-state index contributed by atoms with van der Waals surface area (Å²) >= 11 is 0. The first-order valence-electron chi connectivity index (χ1n) is 4.47. The molecule has 14 heavy (non-hydrogen) atoms. The molecule has 0 aliphatic rings. The van der Waals surface area contributed by atoms with E-state index >= 15 is 0 Å². The summed E-state index contributed by atoms with van der Waals surface area (Å²) in [5.41, 5.74) is 3.99. The van der Waals surface area contributed by atoms with Gasteiger partial charge in [-0.05, 0) is 25.5 Å². The fourth-order valence-electron chi connectivity index (χ4n) is 1.45. The molecule has 0 saturated heterocycles. The Morgan fingerprint density at radius 3 is 2.57 bits per heavy atom. The molecule has 0 aliphatic heterocycles. The second kappa shape index (κ2) is 3.21. The Bertz CT molecular complexity index is 459. The maximum atomic E-state index is 4.16.